The highest BCUT2D eigenvalue weighted by atomic mass is 16.5. The molecule has 116 valence electrons. The van der Waals surface area contributed by atoms with E-state index in [1.54, 1.807) is 7.11 Å². The fraction of sp³-hybridized carbons (Fsp3) is 0.278. The summed E-state index contributed by atoms with van der Waals surface area (Å²) in [5.74, 6) is 0.455. The summed E-state index contributed by atoms with van der Waals surface area (Å²) in [5, 5.41) is 8.84. The van der Waals surface area contributed by atoms with Gasteiger partial charge in [-0.2, -0.15) is 0 Å². The number of hydrogen-bond acceptors (Lipinski definition) is 3. The Balaban J connectivity index is 2.05. The van der Waals surface area contributed by atoms with Crippen LogP contribution >= 0.6 is 0 Å². The highest BCUT2D eigenvalue weighted by Crippen LogP contribution is 2.32. The van der Waals surface area contributed by atoms with Crippen molar-refractivity contribution in [2.75, 3.05) is 13.7 Å². The summed E-state index contributed by atoms with van der Waals surface area (Å²) in [5.41, 5.74) is 2.05. The van der Waals surface area contributed by atoms with Crippen molar-refractivity contribution in [1.82, 2.24) is 0 Å². The van der Waals surface area contributed by atoms with Crippen LogP contribution in [0.1, 0.15) is 17.5 Å². The highest BCUT2D eigenvalue weighted by Gasteiger charge is 2.12. The van der Waals surface area contributed by atoms with E-state index in [-0.39, 0.29) is 6.42 Å². The molecule has 0 unspecified atom stereocenters. The lowest BCUT2D eigenvalue weighted by atomic mass is 10.1. The Hall–Kier alpha value is -2.49. The number of aliphatic carboxylic acids is 1. The molecule has 4 nitrogen and oxygen atoms in total. The minimum atomic E-state index is -0.821. The topological polar surface area (TPSA) is 55.8 Å². The molecule has 4 heteroatoms. The zero-order valence-electron chi connectivity index (χ0n) is 12.6. The van der Waals surface area contributed by atoms with Crippen molar-refractivity contribution in [1.29, 1.82) is 0 Å². The van der Waals surface area contributed by atoms with E-state index in [1.165, 1.54) is 5.56 Å². The van der Waals surface area contributed by atoms with Crippen molar-refractivity contribution in [3.63, 3.8) is 0 Å². The zero-order valence-corrected chi connectivity index (χ0v) is 12.6. The molecule has 0 fully saturated rings. The number of benzene rings is 2. The predicted octanol–water partition coefficient (Wildman–Crippen LogP) is 3.33. The number of carbonyl (C=O) groups is 1. The largest absolute Gasteiger partial charge is 0.493 e. The number of methoxy groups -OCH3 is 1. The standard InChI is InChI=1S/C18H20O4/c1-21-16-9-5-8-15(10-11-17(19)20)18(16)22-13-12-14-6-3-2-4-7-14/h2-9H,10-13H2,1H3,(H,19,20). The van der Waals surface area contributed by atoms with E-state index in [4.69, 9.17) is 14.6 Å². The van der Waals surface area contributed by atoms with Crippen molar-refractivity contribution in [2.24, 2.45) is 0 Å². The van der Waals surface area contributed by atoms with Gasteiger partial charge in [0.2, 0.25) is 0 Å². The molecule has 0 atom stereocenters. The van der Waals surface area contributed by atoms with Crippen molar-refractivity contribution in [3.05, 3.63) is 59.7 Å². The second kappa shape index (κ2) is 8.08. The molecular formula is C18H20O4. The predicted molar refractivity (Wildman–Crippen MR) is 84.6 cm³/mol. The van der Waals surface area contributed by atoms with Gasteiger partial charge in [-0.05, 0) is 23.6 Å². The summed E-state index contributed by atoms with van der Waals surface area (Å²) in [6, 6.07) is 15.6. The van der Waals surface area contributed by atoms with Crippen LogP contribution in [-0.4, -0.2) is 24.8 Å². The SMILES string of the molecule is COc1cccc(CCC(=O)O)c1OCCc1ccccc1. The summed E-state index contributed by atoms with van der Waals surface area (Å²) >= 11 is 0. The fourth-order valence-corrected chi connectivity index (χ4v) is 2.24. The molecule has 0 spiro atoms. The molecule has 2 aromatic carbocycles. The average molecular weight is 300 g/mol. The van der Waals surface area contributed by atoms with E-state index < -0.39 is 5.97 Å². The van der Waals surface area contributed by atoms with E-state index in [9.17, 15) is 4.79 Å². The molecule has 0 saturated carbocycles. The Morgan fingerprint density at radius 2 is 1.82 bits per heavy atom. The second-order valence-electron chi connectivity index (χ2n) is 4.93. The summed E-state index contributed by atoms with van der Waals surface area (Å²) in [6.45, 7) is 0.518. The van der Waals surface area contributed by atoms with Crippen LogP contribution in [-0.2, 0) is 17.6 Å². The monoisotopic (exact) mass is 300 g/mol. The number of carboxylic acid groups (broad SMARTS) is 1. The van der Waals surface area contributed by atoms with Gasteiger partial charge in [0.1, 0.15) is 0 Å². The van der Waals surface area contributed by atoms with E-state index in [2.05, 4.69) is 12.1 Å². The molecule has 2 aromatic rings. The molecule has 0 bridgehead atoms. The highest BCUT2D eigenvalue weighted by molar-refractivity contribution is 5.67. The van der Waals surface area contributed by atoms with Crippen LogP contribution < -0.4 is 9.47 Å². The molecular weight excluding hydrogens is 280 g/mol. The number of aryl methyl sites for hydroxylation is 1. The summed E-state index contributed by atoms with van der Waals surface area (Å²) < 4.78 is 11.2. The Bertz CT molecular complexity index is 608. The number of hydrogen-bond donors (Lipinski definition) is 1. The van der Waals surface area contributed by atoms with Gasteiger partial charge in [-0.3, -0.25) is 4.79 Å². The van der Waals surface area contributed by atoms with Crippen LogP contribution in [0.4, 0.5) is 0 Å². The lowest BCUT2D eigenvalue weighted by molar-refractivity contribution is -0.136. The number of rotatable bonds is 8. The first-order valence-corrected chi connectivity index (χ1v) is 7.25. The van der Waals surface area contributed by atoms with Crippen LogP contribution in [0.15, 0.2) is 48.5 Å². The molecule has 0 amide bonds. The lowest BCUT2D eigenvalue weighted by Crippen LogP contribution is -2.06. The second-order valence-corrected chi connectivity index (χ2v) is 4.93. The minimum Gasteiger partial charge on any atom is -0.493 e. The first kappa shape index (κ1) is 15.9. The van der Waals surface area contributed by atoms with Crippen molar-refractivity contribution >= 4 is 5.97 Å². The Labute approximate surface area is 130 Å². The van der Waals surface area contributed by atoms with Gasteiger partial charge in [0.05, 0.1) is 13.7 Å². The molecule has 0 heterocycles. The number of para-hydroxylation sites is 1. The van der Waals surface area contributed by atoms with E-state index in [0.29, 0.717) is 24.5 Å². The van der Waals surface area contributed by atoms with Gasteiger partial charge < -0.3 is 14.6 Å². The van der Waals surface area contributed by atoms with Gasteiger partial charge in [0, 0.05) is 12.8 Å². The third kappa shape index (κ3) is 4.52. The number of carboxylic acids is 1. The molecule has 0 saturated heterocycles. The first-order chi connectivity index (χ1) is 10.7. The molecule has 0 aliphatic heterocycles. The van der Waals surface area contributed by atoms with Gasteiger partial charge in [-0.1, -0.05) is 42.5 Å². The van der Waals surface area contributed by atoms with Crippen LogP contribution in [0.3, 0.4) is 0 Å². The Morgan fingerprint density at radius 3 is 2.50 bits per heavy atom. The summed E-state index contributed by atoms with van der Waals surface area (Å²) in [7, 11) is 1.58. The minimum absolute atomic E-state index is 0.0716. The molecule has 2 rings (SSSR count). The van der Waals surface area contributed by atoms with Crippen molar-refractivity contribution in [3.8, 4) is 11.5 Å². The van der Waals surface area contributed by atoms with E-state index in [1.807, 2.05) is 36.4 Å². The third-order valence-corrected chi connectivity index (χ3v) is 3.37. The van der Waals surface area contributed by atoms with Crippen LogP contribution in [0, 0.1) is 0 Å². The Morgan fingerprint density at radius 1 is 1.05 bits per heavy atom. The zero-order chi connectivity index (χ0) is 15.8. The van der Waals surface area contributed by atoms with Crippen molar-refractivity contribution in [2.45, 2.75) is 19.3 Å². The van der Waals surface area contributed by atoms with Crippen LogP contribution in [0.2, 0.25) is 0 Å². The number of ether oxygens (including phenoxy) is 2. The van der Waals surface area contributed by atoms with Gasteiger partial charge in [-0.15, -0.1) is 0 Å². The normalized spacial score (nSPS) is 10.2. The molecule has 1 N–H and O–H groups in total. The maximum absolute atomic E-state index is 10.8. The molecule has 22 heavy (non-hydrogen) atoms. The van der Waals surface area contributed by atoms with E-state index in [0.717, 1.165) is 12.0 Å². The quantitative estimate of drug-likeness (QED) is 0.812. The molecule has 0 aliphatic rings. The molecule has 0 aromatic heterocycles. The lowest BCUT2D eigenvalue weighted by Gasteiger charge is -2.14. The summed E-state index contributed by atoms with van der Waals surface area (Å²) in [4.78, 5) is 10.8. The average Bonchev–Trinajstić information content (AvgIpc) is 2.54. The van der Waals surface area contributed by atoms with Gasteiger partial charge in [0.15, 0.2) is 11.5 Å². The van der Waals surface area contributed by atoms with Gasteiger partial charge >= 0.3 is 5.97 Å². The summed E-state index contributed by atoms with van der Waals surface area (Å²) in [6.07, 6.45) is 1.28. The molecule has 0 radical (unpaired) electrons. The fourth-order valence-electron chi connectivity index (χ4n) is 2.24. The van der Waals surface area contributed by atoms with Crippen LogP contribution in [0.25, 0.3) is 0 Å². The van der Waals surface area contributed by atoms with Crippen molar-refractivity contribution < 1.29 is 19.4 Å². The van der Waals surface area contributed by atoms with Gasteiger partial charge in [-0.25, -0.2) is 0 Å². The third-order valence-electron chi connectivity index (χ3n) is 3.37. The maximum atomic E-state index is 10.8. The van der Waals surface area contributed by atoms with E-state index >= 15 is 0 Å². The van der Waals surface area contributed by atoms with Crippen LogP contribution in [0.5, 0.6) is 11.5 Å². The molecule has 0 aliphatic carbocycles. The Kier molecular flexibility index (Phi) is 5.83. The van der Waals surface area contributed by atoms with Gasteiger partial charge in [0.25, 0.3) is 0 Å². The smallest absolute Gasteiger partial charge is 0.303 e. The maximum Gasteiger partial charge on any atom is 0.303 e. The first-order valence-electron chi connectivity index (χ1n) is 7.25.